The summed E-state index contributed by atoms with van der Waals surface area (Å²) in [6.45, 7) is 6.26. The third-order valence-electron chi connectivity index (χ3n) is 3.86. The van der Waals surface area contributed by atoms with Gasteiger partial charge in [0, 0.05) is 11.4 Å². The molecule has 1 N–H and O–H groups in total. The predicted octanol–water partition coefficient (Wildman–Crippen LogP) is 3.52. The maximum absolute atomic E-state index is 12.3. The molecule has 1 saturated heterocycles. The van der Waals surface area contributed by atoms with E-state index in [0.29, 0.717) is 17.4 Å². The van der Waals surface area contributed by atoms with Crippen molar-refractivity contribution in [3.63, 3.8) is 0 Å². The minimum absolute atomic E-state index is 0.177. The molecule has 1 fully saturated rings. The maximum Gasteiger partial charge on any atom is 0.234 e. The zero-order valence-corrected chi connectivity index (χ0v) is 12.8. The number of imide groups is 1. The number of hydrogen-bond acceptors (Lipinski definition) is 2. The molecule has 20 heavy (non-hydrogen) atoms. The van der Waals surface area contributed by atoms with Crippen molar-refractivity contribution < 1.29 is 9.59 Å². The van der Waals surface area contributed by atoms with Gasteiger partial charge in [-0.2, -0.15) is 0 Å². The molecule has 2 atom stereocenters. The predicted molar refractivity (Wildman–Crippen MR) is 79.5 cm³/mol. The lowest BCUT2D eigenvalue weighted by Crippen LogP contribution is -2.50. The fourth-order valence-corrected chi connectivity index (χ4v) is 3.50. The minimum atomic E-state index is -0.346. The van der Waals surface area contributed by atoms with Gasteiger partial charge in [-0.3, -0.25) is 14.9 Å². The Morgan fingerprint density at radius 2 is 1.90 bits per heavy atom. The molecule has 2 unspecified atom stereocenters. The third kappa shape index (κ3) is 3.04. The normalized spacial score (nSPS) is 26.8. The SMILES string of the molecule is CC(C)CC1(C)CC(=O)NC(=O)C1c1ccc(Cl)cc1. The Morgan fingerprint density at radius 3 is 2.45 bits per heavy atom. The van der Waals surface area contributed by atoms with Gasteiger partial charge >= 0.3 is 0 Å². The Kier molecular flexibility index (Phi) is 4.19. The largest absolute Gasteiger partial charge is 0.296 e. The number of carbonyl (C=O) groups is 2. The van der Waals surface area contributed by atoms with Gasteiger partial charge in [0.25, 0.3) is 0 Å². The van der Waals surface area contributed by atoms with E-state index in [1.54, 1.807) is 12.1 Å². The van der Waals surface area contributed by atoms with Crippen molar-refractivity contribution in [1.82, 2.24) is 5.32 Å². The fourth-order valence-electron chi connectivity index (χ4n) is 3.37. The van der Waals surface area contributed by atoms with Gasteiger partial charge < -0.3 is 0 Å². The first kappa shape index (κ1) is 15.0. The highest BCUT2D eigenvalue weighted by Gasteiger charge is 2.46. The summed E-state index contributed by atoms with van der Waals surface area (Å²) < 4.78 is 0. The molecule has 0 radical (unpaired) electrons. The van der Waals surface area contributed by atoms with E-state index < -0.39 is 0 Å². The molecular weight excluding hydrogens is 274 g/mol. The lowest BCUT2D eigenvalue weighted by Gasteiger charge is -2.41. The first-order valence-corrected chi connectivity index (χ1v) is 7.29. The van der Waals surface area contributed by atoms with Crippen LogP contribution in [0.2, 0.25) is 5.02 Å². The average molecular weight is 294 g/mol. The lowest BCUT2D eigenvalue weighted by molar-refractivity contribution is -0.140. The summed E-state index contributed by atoms with van der Waals surface area (Å²) in [6.07, 6.45) is 1.21. The van der Waals surface area contributed by atoms with Crippen LogP contribution in [-0.4, -0.2) is 11.8 Å². The lowest BCUT2D eigenvalue weighted by atomic mass is 9.65. The van der Waals surface area contributed by atoms with Crippen LogP contribution in [0.5, 0.6) is 0 Å². The molecular formula is C16H20ClNO2. The summed E-state index contributed by atoms with van der Waals surface area (Å²) in [4.78, 5) is 24.1. The Balaban J connectivity index is 2.41. The molecule has 0 bridgehead atoms. The zero-order chi connectivity index (χ0) is 14.9. The summed E-state index contributed by atoms with van der Waals surface area (Å²) in [7, 11) is 0. The minimum Gasteiger partial charge on any atom is -0.296 e. The van der Waals surface area contributed by atoms with Gasteiger partial charge in [0.1, 0.15) is 0 Å². The highest BCUT2D eigenvalue weighted by Crippen LogP contribution is 2.46. The number of benzene rings is 1. The van der Waals surface area contributed by atoms with Crippen LogP contribution >= 0.6 is 11.6 Å². The monoisotopic (exact) mass is 293 g/mol. The molecule has 1 aromatic carbocycles. The van der Waals surface area contributed by atoms with Crippen molar-refractivity contribution in [1.29, 1.82) is 0 Å². The highest BCUT2D eigenvalue weighted by molar-refractivity contribution is 6.30. The van der Waals surface area contributed by atoms with E-state index >= 15 is 0 Å². The Labute approximate surface area is 124 Å². The molecule has 3 nitrogen and oxygen atoms in total. The zero-order valence-electron chi connectivity index (χ0n) is 12.1. The summed E-state index contributed by atoms with van der Waals surface area (Å²) in [5.74, 6) is -0.261. The van der Waals surface area contributed by atoms with Crippen LogP contribution in [0.15, 0.2) is 24.3 Å². The van der Waals surface area contributed by atoms with E-state index in [9.17, 15) is 9.59 Å². The van der Waals surface area contributed by atoms with Gasteiger partial charge in [-0.25, -0.2) is 0 Å². The number of halogens is 1. The van der Waals surface area contributed by atoms with Gasteiger partial charge in [-0.1, -0.05) is 44.5 Å². The van der Waals surface area contributed by atoms with Crippen LogP contribution in [0, 0.1) is 11.3 Å². The van der Waals surface area contributed by atoms with Gasteiger partial charge in [0.05, 0.1) is 5.92 Å². The van der Waals surface area contributed by atoms with Crippen LogP contribution in [-0.2, 0) is 9.59 Å². The number of amides is 2. The van der Waals surface area contributed by atoms with E-state index in [-0.39, 0.29) is 23.1 Å². The van der Waals surface area contributed by atoms with Crippen molar-refractivity contribution in [3.05, 3.63) is 34.9 Å². The van der Waals surface area contributed by atoms with E-state index in [1.807, 2.05) is 19.1 Å². The molecule has 4 heteroatoms. The van der Waals surface area contributed by atoms with Gasteiger partial charge in [-0.05, 0) is 35.4 Å². The highest BCUT2D eigenvalue weighted by atomic mass is 35.5. The second-order valence-corrected chi connectivity index (χ2v) is 6.76. The second kappa shape index (κ2) is 5.57. The standard InChI is InChI=1S/C16H20ClNO2/c1-10(2)8-16(3)9-13(19)18-15(20)14(16)11-4-6-12(17)7-5-11/h4-7,10,14H,8-9H2,1-3H3,(H,18,19,20). The van der Waals surface area contributed by atoms with Crippen LogP contribution in [0.4, 0.5) is 0 Å². The first-order chi connectivity index (χ1) is 9.32. The number of piperidine rings is 1. The number of nitrogens with one attached hydrogen (secondary N) is 1. The second-order valence-electron chi connectivity index (χ2n) is 6.33. The Hall–Kier alpha value is -1.35. The molecule has 0 spiro atoms. The van der Waals surface area contributed by atoms with Gasteiger partial charge in [-0.15, -0.1) is 0 Å². The van der Waals surface area contributed by atoms with E-state index in [2.05, 4.69) is 19.2 Å². The van der Waals surface area contributed by atoms with E-state index in [1.165, 1.54) is 0 Å². The Bertz CT molecular complexity index is 524. The van der Waals surface area contributed by atoms with Crippen LogP contribution in [0.25, 0.3) is 0 Å². The molecule has 0 aromatic heterocycles. The van der Waals surface area contributed by atoms with Crippen LogP contribution in [0.3, 0.4) is 0 Å². The molecule has 1 heterocycles. The van der Waals surface area contributed by atoms with Gasteiger partial charge in [0.2, 0.25) is 11.8 Å². The smallest absolute Gasteiger partial charge is 0.234 e. The average Bonchev–Trinajstić information content (AvgIpc) is 2.28. The number of rotatable bonds is 3. The third-order valence-corrected chi connectivity index (χ3v) is 4.12. The molecule has 0 aliphatic carbocycles. The first-order valence-electron chi connectivity index (χ1n) is 6.91. The van der Waals surface area contributed by atoms with Crippen molar-refractivity contribution in [2.24, 2.45) is 11.3 Å². The quantitative estimate of drug-likeness (QED) is 0.867. The Morgan fingerprint density at radius 1 is 1.30 bits per heavy atom. The van der Waals surface area contributed by atoms with Crippen molar-refractivity contribution in [3.8, 4) is 0 Å². The summed E-state index contributed by atoms with van der Waals surface area (Å²) in [6, 6.07) is 7.33. The molecule has 1 aromatic rings. The summed E-state index contributed by atoms with van der Waals surface area (Å²) in [5.41, 5.74) is 0.573. The number of hydrogen-bond donors (Lipinski definition) is 1. The van der Waals surface area contributed by atoms with E-state index in [4.69, 9.17) is 11.6 Å². The molecule has 108 valence electrons. The molecule has 2 rings (SSSR count). The molecule has 1 aliphatic heterocycles. The van der Waals surface area contributed by atoms with Crippen molar-refractivity contribution >= 4 is 23.4 Å². The van der Waals surface area contributed by atoms with Crippen molar-refractivity contribution in [2.75, 3.05) is 0 Å². The fraction of sp³-hybridized carbons (Fsp3) is 0.500. The maximum atomic E-state index is 12.3. The molecule has 2 amide bonds. The summed E-state index contributed by atoms with van der Waals surface area (Å²) >= 11 is 5.91. The topological polar surface area (TPSA) is 46.2 Å². The van der Waals surface area contributed by atoms with Crippen molar-refractivity contribution in [2.45, 2.75) is 39.5 Å². The summed E-state index contributed by atoms with van der Waals surface area (Å²) in [5, 5.41) is 3.11. The van der Waals surface area contributed by atoms with Crippen LogP contribution in [0.1, 0.15) is 45.1 Å². The van der Waals surface area contributed by atoms with Crippen LogP contribution < -0.4 is 5.32 Å². The molecule has 1 aliphatic rings. The number of carbonyl (C=O) groups excluding carboxylic acids is 2. The van der Waals surface area contributed by atoms with Gasteiger partial charge in [0.15, 0.2) is 0 Å². The molecule has 0 saturated carbocycles. The van der Waals surface area contributed by atoms with E-state index in [0.717, 1.165) is 12.0 Å².